The first kappa shape index (κ1) is 17.0. The smallest absolute Gasteiger partial charge is 0.315 e. The molecule has 0 aromatic heterocycles. The van der Waals surface area contributed by atoms with E-state index in [9.17, 15) is 14.4 Å². The molecule has 1 aromatic carbocycles. The molecular weight excluding hydrogens is 357 g/mol. The van der Waals surface area contributed by atoms with E-state index < -0.39 is 27.6 Å². The molecular formula is C16H15Cl2NO5. The summed E-state index contributed by atoms with van der Waals surface area (Å²) in [6, 6.07) is 4.63. The van der Waals surface area contributed by atoms with Gasteiger partial charge in [-0.05, 0) is 32.0 Å². The molecule has 1 saturated carbocycles. The molecule has 1 aliphatic carbocycles. The topological polar surface area (TPSA) is 81.7 Å². The van der Waals surface area contributed by atoms with E-state index in [2.05, 4.69) is 5.32 Å². The van der Waals surface area contributed by atoms with Gasteiger partial charge in [0, 0.05) is 12.0 Å². The van der Waals surface area contributed by atoms with Gasteiger partial charge in [0.2, 0.25) is 5.78 Å². The normalized spacial score (nSPS) is 24.9. The Balaban J connectivity index is 1.71. The summed E-state index contributed by atoms with van der Waals surface area (Å²) in [5.41, 5.74) is -0.295. The molecule has 0 spiro atoms. The van der Waals surface area contributed by atoms with Gasteiger partial charge in [0.1, 0.15) is 15.5 Å². The van der Waals surface area contributed by atoms with E-state index >= 15 is 0 Å². The Hall–Kier alpha value is -1.79. The quantitative estimate of drug-likeness (QED) is 0.499. The van der Waals surface area contributed by atoms with E-state index in [1.165, 1.54) is 13.0 Å². The summed E-state index contributed by atoms with van der Waals surface area (Å²) in [6.45, 7) is 3.01. The number of hydrogen-bond donors (Lipinski definition) is 1. The lowest BCUT2D eigenvalue weighted by molar-refractivity contribution is -0.152. The van der Waals surface area contributed by atoms with Crippen LogP contribution >= 0.6 is 23.2 Å². The average molecular weight is 372 g/mol. The number of amides is 1. The van der Waals surface area contributed by atoms with Crippen LogP contribution in [0.2, 0.25) is 0 Å². The monoisotopic (exact) mass is 371 g/mol. The lowest BCUT2D eigenvalue weighted by Gasteiger charge is -2.20. The van der Waals surface area contributed by atoms with E-state index in [0.29, 0.717) is 17.0 Å². The highest BCUT2D eigenvalue weighted by molar-refractivity contribution is 6.53. The predicted molar refractivity (Wildman–Crippen MR) is 87.6 cm³/mol. The lowest BCUT2D eigenvalue weighted by atomic mass is 10.0. The molecule has 1 aromatic rings. The van der Waals surface area contributed by atoms with Gasteiger partial charge < -0.3 is 14.8 Å². The van der Waals surface area contributed by atoms with Crippen LogP contribution in [0.4, 0.5) is 5.69 Å². The van der Waals surface area contributed by atoms with E-state index in [1.807, 2.05) is 0 Å². The average Bonchev–Trinajstić information content (AvgIpc) is 3.05. The highest BCUT2D eigenvalue weighted by atomic mass is 35.5. The molecule has 0 unspecified atom stereocenters. The minimum atomic E-state index is -1.15. The van der Waals surface area contributed by atoms with Crippen molar-refractivity contribution in [3.05, 3.63) is 23.8 Å². The minimum absolute atomic E-state index is 0.0640. The van der Waals surface area contributed by atoms with Gasteiger partial charge in [-0.25, -0.2) is 0 Å². The molecule has 1 N–H and O–H groups in total. The van der Waals surface area contributed by atoms with Gasteiger partial charge in [-0.2, -0.15) is 0 Å². The number of benzene rings is 1. The zero-order valence-electron chi connectivity index (χ0n) is 13.0. The molecule has 24 heavy (non-hydrogen) atoms. The maximum atomic E-state index is 12.5. The molecule has 0 bridgehead atoms. The number of ketones is 1. The van der Waals surface area contributed by atoms with Gasteiger partial charge in [-0.1, -0.05) is 0 Å². The van der Waals surface area contributed by atoms with Crippen molar-refractivity contribution in [2.75, 3.05) is 11.9 Å². The van der Waals surface area contributed by atoms with Crippen LogP contribution in [0.15, 0.2) is 18.2 Å². The van der Waals surface area contributed by atoms with Gasteiger partial charge in [0.05, 0.1) is 5.69 Å². The zero-order valence-corrected chi connectivity index (χ0v) is 14.5. The Labute approximate surface area is 148 Å². The summed E-state index contributed by atoms with van der Waals surface area (Å²) < 4.78 is 9.30. The van der Waals surface area contributed by atoms with Crippen molar-refractivity contribution in [3.63, 3.8) is 0 Å². The number of esters is 1. The largest absolute Gasteiger partial charge is 0.482 e. The second-order valence-corrected chi connectivity index (χ2v) is 7.66. The summed E-state index contributed by atoms with van der Waals surface area (Å²) in [6.07, 6.45) is -0.720. The Morgan fingerprint density at radius 1 is 1.38 bits per heavy atom. The molecule has 1 amide bonds. The summed E-state index contributed by atoms with van der Waals surface area (Å²) in [4.78, 5) is 36.0. The molecule has 6 nitrogen and oxygen atoms in total. The van der Waals surface area contributed by atoms with E-state index in [1.54, 1.807) is 19.1 Å². The Morgan fingerprint density at radius 3 is 2.67 bits per heavy atom. The predicted octanol–water partition coefficient (Wildman–Crippen LogP) is 2.72. The Bertz CT molecular complexity index is 748. The van der Waals surface area contributed by atoms with Crippen LogP contribution in [0.5, 0.6) is 5.75 Å². The molecule has 1 aliphatic heterocycles. The third-order valence-electron chi connectivity index (χ3n) is 4.26. The number of anilines is 1. The third kappa shape index (κ3) is 2.84. The van der Waals surface area contributed by atoms with Crippen molar-refractivity contribution in [3.8, 4) is 5.75 Å². The number of nitrogens with one attached hydrogen (secondary N) is 1. The Kier molecular flexibility index (Phi) is 4.00. The van der Waals surface area contributed by atoms with Crippen LogP contribution in [0, 0.1) is 5.41 Å². The number of Topliss-reactive ketones (excluding diaryl/α,β-unsaturated/α-hetero) is 1. The second kappa shape index (κ2) is 5.63. The van der Waals surface area contributed by atoms with Crippen molar-refractivity contribution >= 4 is 46.5 Å². The van der Waals surface area contributed by atoms with Crippen molar-refractivity contribution in [2.24, 2.45) is 5.41 Å². The number of ether oxygens (including phenoxy) is 2. The third-order valence-corrected chi connectivity index (χ3v) is 5.36. The molecule has 2 atom stereocenters. The zero-order chi connectivity index (χ0) is 17.7. The first-order valence-electron chi connectivity index (χ1n) is 7.34. The molecule has 0 radical (unpaired) electrons. The number of halogens is 2. The van der Waals surface area contributed by atoms with Gasteiger partial charge in [-0.3, -0.25) is 14.4 Å². The van der Waals surface area contributed by atoms with Crippen LogP contribution in [0.1, 0.15) is 30.6 Å². The fraction of sp³-hybridized carbons (Fsp3) is 0.438. The summed E-state index contributed by atoms with van der Waals surface area (Å²) in [7, 11) is 0. The number of hydrogen-bond acceptors (Lipinski definition) is 5. The van der Waals surface area contributed by atoms with Crippen molar-refractivity contribution < 1.29 is 23.9 Å². The standard InChI is InChI=1S/C16H15Cl2NO5/c1-8(24-14(22)15(2)7-16(15,17)18)13(21)9-3-4-11-10(5-9)19-12(20)6-23-11/h3-5,8H,6-7H2,1-2H3,(H,19,20)/t8-,15-/m0/s1. The highest BCUT2D eigenvalue weighted by Gasteiger charge is 2.69. The van der Waals surface area contributed by atoms with Gasteiger partial charge in [0.25, 0.3) is 5.91 Å². The van der Waals surface area contributed by atoms with Crippen LogP contribution < -0.4 is 10.1 Å². The number of fused-ring (bicyclic) bond motifs is 1. The van der Waals surface area contributed by atoms with Gasteiger partial charge >= 0.3 is 5.97 Å². The Morgan fingerprint density at radius 2 is 2.04 bits per heavy atom. The number of alkyl halides is 2. The first-order valence-corrected chi connectivity index (χ1v) is 8.09. The molecule has 1 heterocycles. The number of carbonyl (C=O) groups excluding carboxylic acids is 3. The fourth-order valence-electron chi connectivity index (χ4n) is 2.44. The maximum Gasteiger partial charge on any atom is 0.315 e. The molecule has 8 heteroatoms. The van der Waals surface area contributed by atoms with E-state index in [-0.39, 0.29) is 18.9 Å². The molecule has 3 rings (SSSR count). The van der Waals surface area contributed by atoms with Crippen molar-refractivity contribution in [2.45, 2.75) is 30.7 Å². The summed E-state index contributed by atoms with van der Waals surface area (Å²) in [5.74, 6) is -0.822. The molecule has 1 fully saturated rings. The maximum absolute atomic E-state index is 12.5. The highest BCUT2D eigenvalue weighted by Crippen LogP contribution is 2.64. The number of carbonyl (C=O) groups is 3. The van der Waals surface area contributed by atoms with Crippen molar-refractivity contribution in [1.29, 1.82) is 0 Å². The van der Waals surface area contributed by atoms with Crippen LogP contribution in [-0.4, -0.2) is 34.7 Å². The lowest BCUT2D eigenvalue weighted by Crippen LogP contribution is -2.30. The van der Waals surface area contributed by atoms with Crippen molar-refractivity contribution in [1.82, 2.24) is 0 Å². The summed E-state index contributed by atoms with van der Waals surface area (Å²) in [5, 5.41) is 2.62. The van der Waals surface area contributed by atoms with Crippen LogP contribution in [0.3, 0.4) is 0 Å². The minimum Gasteiger partial charge on any atom is -0.482 e. The SMILES string of the molecule is C[C@H](OC(=O)[C@]1(C)CC1(Cl)Cl)C(=O)c1ccc2c(c1)NC(=O)CO2. The van der Waals surface area contributed by atoms with Gasteiger partial charge in [-0.15, -0.1) is 23.2 Å². The molecule has 128 valence electrons. The van der Waals surface area contributed by atoms with E-state index in [0.717, 1.165) is 0 Å². The fourth-order valence-corrected chi connectivity index (χ4v) is 3.13. The summed E-state index contributed by atoms with van der Waals surface area (Å²) >= 11 is 11.9. The first-order chi connectivity index (χ1) is 11.1. The van der Waals surface area contributed by atoms with Crippen LogP contribution in [-0.2, 0) is 14.3 Å². The van der Waals surface area contributed by atoms with Gasteiger partial charge in [0.15, 0.2) is 12.7 Å². The van der Waals surface area contributed by atoms with E-state index in [4.69, 9.17) is 32.7 Å². The number of rotatable bonds is 4. The molecule has 0 saturated heterocycles. The second-order valence-electron chi connectivity index (χ2n) is 6.17. The van der Waals surface area contributed by atoms with Crippen LogP contribution in [0.25, 0.3) is 0 Å². The molecule has 2 aliphatic rings.